The van der Waals surface area contributed by atoms with E-state index < -0.39 is 0 Å². The number of nitrogens with two attached hydrogens (primary N) is 1. The first-order valence-corrected chi connectivity index (χ1v) is 17.8. The molecule has 46 heavy (non-hydrogen) atoms. The third-order valence-electron chi connectivity index (χ3n) is 11.8. The molecule has 11 nitrogen and oxygen atoms in total. The molecule has 0 radical (unpaired) electrons. The monoisotopic (exact) mass is 639 g/mol. The van der Waals surface area contributed by atoms with Gasteiger partial charge in [-0.15, -0.1) is 11.3 Å². The molecule has 3 saturated heterocycles. The van der Waals surface area contributed by atoms with Crippen molar-refractivity contribution in [1.29, 1.82) is 5.26 Å². The van der Waals surface area contributed by atoms with Crippen LogP contribution in [0.5, 0.6) is 0 Å². The summed E-state index contributed by atoms with van der Waals surface area (Å²) in [6.07, 6.45) is 12.3. The van der Waals surface area contributed by atoms with Gasteiger partial charge in [0.15, 0.2) is 22.9 Å². The second kappa shape index (κ2) is 10.5. The van der Waals surface area contributed by atoms with Gasteiger partial charge in [0.05, 0.1) is 41.8 Å². The topological polar surface area (TPSA) is 135 Å². The molecule has 4 aromatic heterocycles. The molecular weight excluding hydrogens is 599 g/mol. The Hall–Kier alpha value is -3.53. The second-order valence-corrected chi connectivity index (χ2v) is 15.7. The molecule has 3 aliphatic heterocycles. The zero-order chi connectivity index (χ0) is 31.2. The van der Waals surface area contributed by atoms with Crippen LogP contribution >= 0.6 is 11.3 Å². The number of likely N-dealkylation sites (N-methyl/N-ethyl adjacent to an activating group) is 1. The Balaban J connectivity index is 1.20. The number of rotatable bonds is 4. The number of nitriles is 1. The molecule has 5 aliphatic rings. The van der Waals surface area contributed by atoms with E-state index in [0.717, 1.165) is 124 Å². The van der Waals surface area contributed by atoms with Crippen LogP contribution in [0.1, 0.15) is 91.7 Å². The van der Waals surface area contributed by atoms with Crippen molar-refractivity contribution in [3.63, 3.8) is 0 Å². The highest BCUT2D eigenvalue weighted by Crippen LogP contribution is 2.55. The van der Waals surface area contributed by atoms with Gasteiger partial charge in [-0.25, -0.2) is 14.6 Å². The van der Waals surface area contributed by atoms with E-state index in [2.05, 4.69) is 34.5 Å². The molecule has 0 saturated carbocycles. The third kappa shape index (κ3) is 4.07. The van der Waals surface area contributed by atoms with Crippen LogP contribution in [0.3, 0.4) is 0 Å². The quantitative estimate of drug-likeness (QED) is 0.316. The van der Waals surface area contributed by atoms with Crippen LogP contribution < -0.4 is 10.6 Å². The number of aryl methyl sites for hydroxylation is 1. The van der Waals surface area contributed by atoms with Gasteiger partial charge in [0, 0.05) is 35.0 Å². The first-order chi connectivity index (χ1) is 22.4. The van der Waals surface area contributed by atoms with Crippen molar-refractivity contribution in [3.05, 3.63) is 33.5 Å². The average Bonchev–Trinajstić information content (AvgIpc) is 3.85. The molecule has 240 valence electrons. The maximum absolute atomic E-state index is 10.2. The fourth-order valence-corrected chi connectivity index (χ4v) is 10.7. The number of thiophene rings is 1. The summed E-state index contributed by atoms with van der Waals surface area (Å²) in [6, 6.07) is 3.00. The number of nitrogen functional groups attached to an aromatic ring is 1. The van der Waals surface area contributed by atoms with Gasteiger partial charge in [-0.3, -0.25) is 0 Å². The van der Waals surface area contributed by atoms with Crippen LogP contribution in [-0.4, -0.2) is 75.7 Å². The van der Waals surface area contributed by atoms with Crippen molar-refractivity contribution in [1.82, 2.24) is 29.8 Å². The Bertz CT molecular complexity index is 1880. The van der Waals surface area contributed by atoms with Crippen molar-refractivity contribution < 1.29 is 9.26 Å². The fourth-order valence-electron chi connectivity index (χ4n) is 9.50. The van der Waals surface area contributed by atoms with Gasteiger partial charge in [-0.1, -0.05) is 5.16 Å². The number of likely N-dealkylation sites (tertiary alicyclic amines) is 1. The van der Waals surface area contributed by atoms with Crippen LogP contribution in [0.2, 0.25) is 0 Å². The predicted octanol–water partition coefficient (Wildman–Crippen LogP) is 5.23. The molecule has 3 fully saturated rings. The first kappa shape index (κ1) is 28.7. The molecule has 9 rings (SSSR count). The van der Waals surface area contributed by atoms with Gasteiger partial charge < -0.3 is 24.8 Å². The summed E-state index contributed by atoms with van der Waals surface area (Å²) >= 11 is 1.57. The normalized spacial score (nSPS) is 26.3. The molecule has 3 atom stereocenters. The third-order valence-corrected chi connectivity index (χ3v) is 12.9. The van der Waals surface area contributed by atoms with Crippen LogP contribution in [-0.2, 0) is 23.0 Å². The SMILES string of the molecule is CC(C1CCCN1C)n1ncc2c(N3CCCC4(COC4)C3)nc(-c3noc4c3CCCC43CCCc4sc(N)c(C#N)c43)nc21. The Kier molecular flexibility index (Phi) is 6.54. The lowest BCUT2D eigenvalue weighted by molar-refractivity contribution is -0.117. The summed E-state index contributed by atoms with van der Waals surface area (Å²) in [4.78, 5) is 16.7. The van der Waals surface area contributed by atoms with E-state index in [1.54, 1.807) is 11.3 Å². The largest absolute Gasteiger partial charge is 0.389 e. The number of piperidine rings is 1. The lowest BCUT2D eigenvalue weighted by Crippen LogP contribution is -2.54. The summed E-state index contributed by atoms with van der Waals surface area (Å²) in [6.45, 7) is 6.86. The highest BCUT2D eigenvalue weighted by atomic mass is 32.1. The number of nitrogens with zero attached hydrogens (tertiary/aromatic N) is 8. The van der Waals surface area contributed by atoms with Crippen molar-refractivity contribution >= 4 is 33.2 Å². The predicted molar refractivity (Wildman–Crippen MR) is 176 cm³/mol. The smallest absolute Gasteiger partial charge is 0.186 e. The summed E-state index contributed by atoms with van der Waals surface area (Å²) in [5.41, 5.74) is 10.6. The van der Waals surface area contributed by atoms with E-state index >= 15 is 0 Å². The van der Waals surface area contributed by atoms with E-state index in [-0.39, 0.29) is 16.9 Å². The van der Waals surface area contributed by atoms with E-state index in [9.17, 15) is 5.26 Å². The minimum absolute atomic E-state index is 0.164. The Labute approximate surface area is 272 Å². The molecule has 2 spiro atoms. The number of aromatic nitrogens is 5. The van der Waals surface area contributed by atoms with Gasteiger partial charge in [0.25, 0.3) is 0 Å². The van der Waals surface area contributed by atoms with Crippen LogP contribution in [0.25, 0.3) is 22.6 Å². The van der Waals surface area contributed by atoms with Crippen molar-refractivity contribution in [2.45, 2.75) is 88.6 Å². The summed E-state index contributed by atoms with van der Waals surface area (Å²) < 4.78 is 14.2. The highest BCUT2D eigenvalue weighted by Gasteiger charge is 2.49. The standard InChI is InChI=1S/C34H41N9O2S/c1-20(24-8-5-13-41(24)2)43-32-23(16-37-43)31(42-14-6-10-33(17-42)18-44-19-33)38-30(39-32)27-21-7-3-11-34(28(21)45-40-27)12-4-9-25-26(34)22(15-35)29(36)46-25/h16,20,24H,3-14,17-19,36H2,1-2H3. The molecule has 4 aromatic rings. The highest BCUT2D eigenvalue weighted by molar-refractivity contribution is 7.16. The van der Waals surface area contributed by atoms with Gasteiger partial charge in [-0.05, 0) is 90.3 Å². The fraction of sp³-hybridized carbons (Fsp3) is 0.618. The molecule has 12 heteroatoms. The van der Waals surface area contributed by atoms with Crippen molar-refractivity contribution in [3.8, 4) is 17.6 Å². The molecule has 2 N–H and O–H groups in total. The van der Waals surface area contributed by atoms with Crippen molar-refractivity contribution in [2.75, 3.05) is 50.5 Å². The van der Waals surface area contributed by atoms with E-state index in [4.69, 9.17) is 35.2 Å². The Morgan fingerprint density at radius 1 is 1.11 bits per heavy atom. The molecule has 2 aliphatic carbocycles. The summed E-state index contributed by atoms with van der Waals surface area (Å²) in [5, 5.41) is 21.5. The van der Waals surface area contributed by atoms with Gasteiger partial charge in [-0.2, -0.15) is 10.4 Å². The molecular formula is C34H41N9O2S. The number of ether oxygens (including phenoxy) is 1. The van der Waals surface area contributed by atoms with E-state index in [1.807, 2.05) is 6.20 Å². The van der Waals surface area contributed by atoms with Crippen LogP contribution in [0.4, 0.5) is 10.8 Å². The molecule has 0 amide bonds. The lowest BCUT2D eigenvalue weighted by Gasteiger charge is -2.48. The van der Waals surface area contributed by atoms with Gasteiger partial charge >= 0.3 is 0 Å². The first-order valence-electron chi connectivity index (χ1n) is 17.0. The molecule has 0 bridgehead atoms. The van der Waals surface area contributed by atoms with E-state index in [0.29, 0.717) is 22.4 Å². The zero-order valence-corrected chi connectivity index (χ0v) is 27.5. The molecule has 3 unspecified atom stereocenters. The van der Waals surface area contributed by atoms with Crippen molar-refractivity contribution in [2.24, 2.45) is 5.41 Å². The average molecular weight is 640 g/mol. The summed E-state index contributed by atoms with van der Waals surface area (Å²) in [7, 11) is 2.21. The Morgan fingerprint density at radius 3 is 2.72 bits per heavy atom. The number of hydrogen-bond acceptors (Lipinski definition) is 11. The Morgan fingerprint density at radius 2 is 1.96 bits per heavy atom. The zero-order valence-electron chi connectivity index (χ0n) is 26.7. The molecule has 7 heterocycles. The minimum Gasteiger partial charge on any atom is -0.389 e. The van der Waals surface area contributed by atoms with Crippen LogP contribution in [0.15, 0.2) is 10.7 Å². The maximum Gasteiger partial charge on any atom is 0.186 e. The number of anilines is 2. The van der Waals surface area contributed by atoms with Gasteiger partial charge in [0.2, 0.25) is 0 Å². The van der Waals surface area contributed by atoms with Gasteiger partial charge in [0.1, 0.15) is 16.9 Å². The summed E-state index contributed by atoms with van der Waals surface area (Å²) in [5.74, 6) is 2.42. The van der Waals surface area contributed by atoms with Crippen LogP contribution in [0, 0.1) is 16.7 Å². The maximum atomic E-state index is 10.2. The second-order valence-electron chi connectivity index (χ2n) is 14.5. The van der Waals surface area contributed by atoms with E-state index in [1.165, 1.54) is 17.7 Å². The minimum atomic E-state index is -0.384. The lowest BCUT2D eigenvalue weighted by atomic mass is 9.63. The number of fused-ring (bicyclic) bond motifs is 5. The molecule has 0 aromatic carbocycles. The number of hydrogen-bond donors (Lipinski definition) is 1.